The van der Waals surface area contributed by atoms with Crippen molar-refractivity contribution >= 4 is 28.4 Å². The number of methoxy groups -OCH3 is 1. The number of rotatable bonds is 21. The van der Waals surface area contributed by atoms with Crippen molar-refractivity contribution in [2.24, 2.45) is 5.14 Å². The molecule has 6 N–H and O–H groups in total. The molecule has 0 unspecified atom stereocenters. The van der Waals surface area contributed by atoms with Gasteiger partial charge in [-0.1, -0.05) is 36.4 Å². The number of phenolic OH excluding ortho intramolecular Hbond substituents is 1. The highest BCUT2D eigenvalue weighted by molar-refractivity contribution is 7.89. The second kappa shape index (κ2) is 25.0. The molecule has 0 spiro atoms. The Morgan fingerprint density at radius 3 is 2.10 bits per heavy atom. The minimum Gasteiger partial charge on any atom is -0.508 e. The van der Waals surface area contributed by atoms with Gasteiger partial charge in [-0.15, -0.1) is 12.4 Å². The van der Waals surface area contributed by atoms with Gasteiger partial charge in [-0.25, -0.2) is 18.4 Å². The van der Waals surface area contributed by atoms with Crippen molar-refractivity contribution in [2.45, 2.75) is 77.5 Å². The molecule has 0 bridgehead atoms. The SMILES string of the molecule is CCOC(=O)COc1cc(C)c(CCN[C@@H](C)[C@H](O)c2ccc(O)cc2)cc1C.CCOc1ccccc1OCCN[C@H](C)Cc1ccc(OC)c(S(N)(=O)=O)c1.Cl. The van der Waals surface area contributed by atoms with Crippen LogP contribution < -0.4 is 34.7 Å². The van der Waals surface area contributed by atoms with Gasteiger partial charge < -0.3 is 44.5 Å². The number of carbonyl (C=O) groups is 1. The number of halogens is 1. The number of nitrogens with two attached hydrogens (primary N) is 1. The van der Waals surface area contributed by atoms with Gasteiger partial charge in [-0.3, -0.25) is 0 Å². The van der Waals surface area contributed by atoms with E-state index in [0.717, 1.165) is 34.4 Å². The Hall–Kier alpha value is -4.57. The maximum atomic E-state index is 11.7. The van der Waals surface area contributed by atoms with Gasteiger partial charge in [0.25, 0.3) is 0 Å². The van der Waals surface area contributed by atoms with Gasteiger partial charge >= 0.3 is 5.97 Å². The molecule has 0 aliphatic heterocycles. The molecule has 320 valence electrons. The summed E-state index contributed by atoms with van der Waals surface area (Å²) in [5, 5.41) is 31.8. The predicted octanol–water partition coefficient (Wildman–Crippen LogP) is 5.97. The first kappa shape index (κ1) is 49.6. The lowest BCUT2D eigenvalue weighted by molar-refractivity contribution is -0.145. The van der Waals surface area contributed by atoms with E-state index < -0.39 is 16.1 Å². The van der Waals surface area contributed by atoms with E-state index in [9.17, 15) is 23.4 Å². The zero-order chi connectivity index (χ0) is 42.0. The van der Waals surface area contributed by atoms with E-state index in [2.05, 4.69) is 16.7 Å². The molecule has 0 heterocycles. The Kier molecular flexibility index (Phi) is 21.4. The maximum absolute atomic E-state index is 11.7. The van der Waals surface area contributed by atoms with Crippen LogP contribution in [0.15, 0.2) is 83.8 Å². The van der Waals surface area contributed by atoms with Crippen molar-refractivity contribution in [3.63, 3.8) is 0 Å². The molecule has 13 nitrogen and oxygen atoms in total. The summed E-state index contributed by atoms with van der Waals surface area (Å²) in [6.07, 6.45) is 0.788. The van der Waals surface area contributed by atoms with Crippen LogP contribution in [0.2, 0.25) is 0 Å². The molecule has 0 fully saturated rings. The third-order valence-corrected chi connectivity index (χ3v) is 9.86. The van der Waals surface area contributed by atoms with E-state index in [4.69, 9.17) is 28.8 Å². The van der Waals surface area contributed by atoms with E-state index >= 15 is 0 Å². The number of aryl methyl sites for hydroxylation is 2. The summed E-state index contributed by atoms with van der Waals surface area (Å²) in [7, 11) is -2.43. The van der Waals surface area contributed by atoms with E-state index in [0.29, 0.717) is 50.8 Å². The number of aliphatic hydroxyl groups excluding tert-OH is 1. The number of benzene rings is 4. The number of carbonyl (C=O) groups excluding carboxylic acids is 1. The molecule has 4 aromatic carbocycles. The fourth-order valence-electron chi connectivity index (χ4n) is 5.93. The van der Waals surface area contributed by atoms with Crippen molar-refractivity contribution in [1.82, 2.24) is 10.6 Å². The van der Waals surface area contributed by atoms with E-state index in [1.807, 2.05) is 71.0 Å². The Labute approximate surface area is 349 Å². The van der Waals surface area contributed by atoms with Crippen LogP contribution in [0, 0.1) is 13.8 Å². The molecule has 4 rings (SSSR count). The summed E-state index contributed by atoms with van der Waals surface area (Å²) in [5.41, 5.74) is 4.85. The molecule has 4 aromatic rings. The zero-order valence-corrected chi connectivity index (χ0v) is 36.1. The van der Waals surface area contributed by atoms with Gasteiger partial charge in [0.15, 0.2) is 18.1 Å². The number of hydrogen-bond donors (Lipinski definition) is 5. The standard InChI is InChI=1S/C23H31NO5.C20H28N2O5S.ClH/c1-5-28-22(26)14-29-21-13-15(2)19(12-16(21)3)10-11-24-17(4)23(27)18-6-8-20(25)9-7-18;1-4-26-17-7-5-6-8-18(17)27-12-11-22-15(2)13-16-9-10-19(25-3)20(14-16)28(21,23)24;/h6-9,12-13,17,23-25,27H,5,10-11,14H2,1-4H3;5-10,14-15,22H,4,11-13H2,1-3H3,(H2,21,23,24);1H/t17-,23-;15-;/m01./s1. The van der Waals surface area contributed by atoms with E-state index in [1.54, 1.807) is 43.3 Å². The lowest BCUT2D eigenvalue weighted by Gasteiger charge is -2.21. The van der Waals surface area contributed by atoms with Crippen LogP contribution in [0.4, 0.5) is 0 Å². The average Bonchev–Trinajstić information content (AvgIpc) is 3.18. The fraction of sp³-hybridized carbons (Fsp3) is 0.419. The number of esters is 1. The maximum Gasteiger partial charge on any atom is 0.344 e. The van der Waals surface area contributed by atoms with Crippen molar-refractivity contribution < 1.29 is 47.1 Å². The Balaban J connectivity index is 0.000000394. The summed E-state index contributed by atoms with van der Waals surface area (Å²) in [6, 6.07) is 23.2. The molecule has 0 aliphatic rings. The van der Waals surface area contributed by atoms with Gasteiger partial charge in [-0.2, -0.15) is 0 Å². The largest absolute Gasteiger partial charge is 0.508 e. The number of phenols is 1. The molecular weight excluding hydrogens is 786 g/mol. The summed E-state index contributed by atoms with van der Waals surface area (Å²) in [6.45, 7) is 14.3. The minimum absolute atomic E-state index is 0. The van der Waals surface area contributed by atoms with Crippen LogP contribution in [0.1, 0.15) is 61.6 Å². The van der Waals surface area contributed by atoms with Crippen molar-refractivity contribution in [2.75, 3.05) is 46.6 Å². The van der Waals surface area contributed by atoms with Crippen LogP contribution in [-0.2, 0) is 32.4 Å². The third-order valence-electron chi connectivity index (χ3n) is 8.93. The van der Waals surface area contributed by atoms with Gasteiger partial charge in [-0.05, 0) is 131 Å². The van der Waals surface area contributed by atoms with Crippen molar-refractivity contribution in [3.8, 4) is 28.7 Å². The van der Waals surface area contributed by atoms with Gasteiger partial charge in [0.2, 0.25) is 10.0 Å². The van der Waals surface area contributed by atoms with Crippen LogP contribution in [0.25, 0.3) is 0 Å². The molecule has 3 atom stereocenters. The number of nitrogens with one attached hydrogen (secondary N) is 2. The second-order valence-electron chi connectivity index (χ2n) is 13.5. The lowest BCUT2D eigenvalue weighted by Crippen LogP contribution is -2.33. The number of ether oxygens (including phenoxy) is 5. The van der Waals surface area contributed by atoms with Crippen molar-refractivity contribution in [1.29, 1.82) is 0 Å². The molecule has 0 saturated heterocycles. The first-order valence-corrected chi connectivity index (χ1v) is 20.6. The molecular formula is C43H60ClN3O10S. The minimum atomic E-state index is -3.84. The summed E-state index contributed by atoms with van der Waals surface area (Å²) in [4.78, 5) is 11.5. The molecule has 0 saturated carbocycles. The molecule has 0 aliphatic carbocycles. The first-order chi connectivity index (χ1) is 27.2. The summed E-state index contributed by atoms with van der Waals surface area (Å²) >= 11 is 0. The number of para-hydroxylation sites is 2. The lowest BCUT2D eigenvalue weighted by atomic mass is 10.0. The normalized spacial score (nSPS) is 12.5. The average molecular weight is 846 g/mol. The highest BCUT2D eigenvalue weighted by atomic mass is 35.5. The Morgan fingerprint density at radius 1 is 0.810 bits per heavy atom. The molecule has 58 heavy (non-hydrogen) atoms. The molecule has 0 radical (unpaired) electrons. The van der Waals surface area contributed by atoms with Crippen LogP contribution >= 0.6 is 12.4 Å². The van der Waals surface area contributed by atoms with Gasteiger partial charge in [0, 0.05) is 18.6 Å². The van der Waals surface area contributed by atoms with Gasteiger partial charge in [0.1, 0.15) is 28.8 Å². The number of primary sulfonamides is 1. The molecule has 0 amide bonds. The quantitative estimate of drug-likeness (QED) is 0.0490. The highest BCUT2D eigenvalue weighted by Crippen LogP contribution is 2.27. The fourth-order valence-corrected chi connectivity index (χ4v) is 6.67. The molecule has 0 aromatic heterocycles. The number of aliphatic hydroxyl groups is 1. The number of aromatic hydroxyl groups is 1. The number of hydrogen-bond acceptors (Lipinski definition) is 12. The third kappa shape index (κ3) is 16.4. The Morgan fingerprint density at radius 2 is 1.48 bits per heavy atom. The summed E-state index contributed by atoms with van der Waals surface area (Å²) in [5.74, 6) is 2.18. The van der Waals surface area contributed by atoms with E-state index in [1.165, 1.54) is 12.7 Å². The monoisotopic (exact) mass is 845 g/mol. The van der Waals surface area contributed by atoms with Crippen molar-refractivity contribution in [3.05, 3.63) is 107 Å². The topological polar surface area (TPSA) is 188 Å². The second-order valence-corrected chi connectivity index (χ2v) is 15.0. The number of sulfonamides is 1. The van der Waals surface area contributed by atoms with Crippen LogP contribution in [0.3, 0.4) is 0 Å². The summed E-state index contributed by atoms with van der Waals surface area (Å²) < 4.78 is 50.3. The van der Waals surface area contributed by atoms with Crippen LogP contribution in [0.5, 0.6) is 28.7 Å². The van der Waals surface area contributed by atoms with Crippen LogP contribution in [-0.4, -0.2) is 83.3 Å². The highest BCUT2D eigenvalue weighted by Gasteiger charge is 2.18. The Bertz CT molecular complexity index is 1960. The molecule has 15 heteroatoms. The first-order valence-electron chi connectivity index (χ1n) is 19.0. The smallest absolute Gasteiger partial charge is 0.344 e. The zero-order valence-electron chi connectivity index (χ0n) is 34.4. The van der Waals surface area contributed by atoms with E-state index in [-0.39, 0.29) is 53.5 Å². The van der Waals surface area contributed by atoms with Gasteiger partial charge in [0.05, 0.1) is 26.4 Å². The predicted molar refractivity (Wildman–Crippen MR) is 228 cm³/mol.